The van der Waals surface area contributed by atoms with Crippen LogP contribution in [0.2, 0.25) is 0 Å². The van der Waals surface area contributed by atoms with Crippen molar-refractivity contribution in [1.82, 2.24) is 20.3 Å². The summed E-state index contributed by atoms with van der Waals surface area (Å²) in [6, 6.07) is 7.02. The molecule has 1 unspecified atom stereocenters. The van der Waals surface area contributed by atoms with Gasteiger partial charge in [0.2, 0.25) is 5.91 Å². The van der Waals surface area contributed by atoms with Crippen molar-refractivity contribution in [3.8, 4) is 5.75 Å². The lowest BCUT2D eigenvalue weighted by molar-refractivity contribution is -0.121. The van der Waals surface area contributed by atoms with E-state index in [1.54, 1.807) is 19.2 Å². The third kappa shape index (κ3) is 5.49. The largest absolute Gasteiger partial charge is 0.492 e. The summed E-state index contributed by atoms with van der Waals surface area (Å²) in [6.07, 6.45) is 1.74. The van der Waals surface area contributed by atoms with Crippen molar-refractivity contribution in [2.24, 2.45) is 0 Å². The molecule has 2 rings (SSSR count). The molecule has 0 saturated heterocycles. The lowest BCUT2D eigenvalue weighted by atomic mass is 10.1. The van der Waals surface area contributed by atoms with Crippen LogP contribution in [-0.2, 0) is 21.2 Å². The van der Waals surface area contributed by atoms with E-state index >= 15 is 0 Å². The molecule has 1 aromatic heterocycles. The van der Waals surface area contributed by atoms with Gasteiger partial charge in [-0.15, -0.1) is 0 Å². The highest BCUT2D eigenvalue weighted by Crippen LogP contribution is 2.25. The monoisotopic (exact) mass is 408 g/mol. The van der Waals surface area contributed by atoms with Crippen molar-refractivity contribution < 1.29 is 22.7 Å². The molecule has 0 spiro atoms. The van der Waals surface area contributed by atoms with Crippen molar-refractivity contribution in [3.63, 3.8) is 0 Å². The molecule has 0 fully saturated rings. The molecule has 0 aliphatic heterocycles. The topological polar surface area (TPSA) is 129 Å². The third-order valence-electron chi connectivity index (χ3n) is 3.88. The summed E-state index contributed by atoms with van der Waals surface area (Å²) in [7, 11) is -2.86. The van der Waals surface area contributed by atoms with Crippen molar-refractivity contribution in [2.75, 3.05) is 13.7 Å². The standard InChI is InChI=1S/C18H24N4O5S/c1-4-27-15-8-7-13(10-16(15)28(25,26)22-18(24)19-3)11-17(23)21-12(2)14-6-5-9-20-14/h5-10,12,20H,4,11H2,1-3H3,(H,21,23)(H2,19,22,24). The van der Waals surface area contributed by atoms with Crippen molar-refractivity contribution in [2.45, 2.75) is 31.2 Å². The van der Waals surface area contributed by atoms with Gasteiger partial charge in [-0.25, -0.2) is 17.9 Å². The second-order valence-corrected chi connectivity index (χ2v) is 7.64. The summed E-state index contributed by atoms with van der Waals surface area (Å²) >= 11 is 0. The quantitative estimate of drug-likeness (QED) is 0.525. The fraction of sp³-hybridized carbons (Fsp3) is 0.333. The van der Waals surface area contributed by atoms with Crippen molar-refractivity contribution >= 4 is 22.0 Å². The Bertz CT molecular complexity index is 925. The molecule has 1 aromatic carbocycles. The molecule has 1 heterocycles. The minimum Gasteiger partial charge on any atom is -0.492 e. The Kier molecular flexibility index (Phi) is 7.05. The van der Waals surface area contributed by atoms with Gasteiger partial charge in [0.15, 0.2) is 0 Å². The number of aromatic nitrogens is 1. The Labute approximate surface area is 163 Å². The molecule has 10 heteroatoms. The number of H-pyrrole nitrogens is 1. The van der Waals surface area contributed by atoms with E-state index in [1.807, 2.05) is 23.8 Å². The molecule has 0 radical (unpaired) electrons. The molecule has 2 aromatic rings. The Balaban J connectivity index is 2.21. The SMILES string of the molecule is CCOc1ccc(CC(=O)NC(C)c2ccc[nH]2)cc1S(=O)(=O)NC(=O)NC. The van der Waals surface area contributed by atoms with Gasteiger partial charge in [-0.1, -0.05) is 6.07 Å². The van der Waals surface area contributed by atoms with Gasteiger partial charge in [-0.3, -0.25) is 4.79 Å². The van der Waals surface area contributed by atoms with Gasteiger partial charge in [0.25, 0.3) is 10.0 Å². The minimum atomic E-state index is -4.17. The Morgan fingerprint density at radius 3 is 2.61 bits per heavy atom. The van der Waals surface area contributed by atoms with E-state index in [1.165, 1.54) is 19.2 Å². The number of carbonyl (C=O) groups excluding carboxylic acids is 2. The van der Waals surface area contributed by atoms with Crippen LogP contribution in [0.4, 0.5) is 4.79 Å². The van der Waals surface area contributed by atoms with Crippen molar-refractivity contribution in [3.05, 3.63) is 47.8 Å². The number of sulfonamides is 1. The predicted octanol–water partition coefficient (Wildman–Crippen LogP) is 1.45. The first kappa shape index (κ1) is 21.3. The molecular weight excluding hydrogens is 384 g/mol. The number of carbonyl (C=O) groups is 2. The molecule has 0 aliphatic carbocycles. The average molecular weight is 408 g/mol. The number of hydrogen-bond donors (Lipinski definition) is 4. The highest BCUT2D eigenvalue weighted by Gasteiger charge is 2.23. The highest BCUT2D eigenvalue weighted by molar-refractivity contribution is 7.90. The number of hydrogen-bond acceptors (Lipinski definition) is 5. The maximum Gasteiger partial charge on any atom is 0.328 e. The van der Waals surface area contributed by atoms with Crippen LogP contribution in [0.1, 0.15) is 31.1 Å². The Morgan fingerprint density at radius 1 is 1.25 bits per heavy atom. The van der Waals surface area contributed by atoms with Gasteiger partial charge in [-0.05, 0) is 43.7 Å². The van der Waals surface area contributed by atoms with E-state index in [9.17, 15) is 18.0 Å². The van der Waals surface area contributed by atoms with E-state index in [-0.39, 0.29) is 35.6 Å². The smallest absolute Gasteiger partial charge is 0.328 e. The highest BCUT2D eigenvalue weighted by atomic mass is 32.2. The molecule has 9 nitrogen and oxygen atoms in total. The van der Waals surface area contributed by atoms with Crippen LogP contribution >= 0.6 is 0 Å². The first-order valence-corrected chi connectivity index (χ1v) is 10.2. The van der Waals surface area contributed by atoms with Crippen LogP contribution in [0.3, 0.4) is 0 Å². The fourth-order valence-electron chi connectivity index (χ4n) is 2.54. The molecular formula is C18H24N4O5S. The van der Waals surface area contributed by atoms with E-state index < -0.39 is 16.1 Å². The summed E-state index contributed by atoms with van der Waals surface area (Å²) < 4.78 is 32.3. The number of urea groups is 1. The lowest BCUT2D eigenvalue weighted by Crippen LogP contribution is -2.37. The van der Waals surface area contributed by atoms with Crippen LogP contribution in [0.25, 0.3) is 0 Å². The molecule has 28 heavy (non-hydrogen) atoms. The fourth-order valence-corrected chi connectivity index (χ4v) is 3.70. The van der Waals surface area contributed by atoms with Crippen LogP contribution in [-0.4, -0.2) is 39.0 Å². The van der Waals surface area contributed by atoms with Crippen LogP contribution in [0.15, 0.2) is 41.4 Å². The minimum absolute atomic E-state index is 0.0278. The average Bonchev–Trinajstić information content (AvgIpc) is 3.17. The molecule has 1 atom stereocenters. The van der Waals surface area contributed by atoms with E-state index in [0.717, 1.165) is 5.69 Å². The second kappa shape index (κ2) is 9.27. The van der Waals surface area contributed by atoms with Gasteiger partial charge >= 0.3 is 6.03 Å². The number of benzene rings is 1. The van der Waals surface area contributed by atoms with Crippen LogP contribution in [0.5, 0.6) is 5.75 Å². The molecule has 0 aliphatic rings. The summed E-state index contributed by atoms with van der Waals surface area (Å²) in [5.74, 6) is -0.170. The number of ether oxygens (including phenoxy) is 1. The maximum absolute atomic E-state index is 12.5. The molecule has 4 N–H and O–H groups in total. The Morgan fingerprint density at radius 2 is 2.00 bits per heavy atom. The molecule has 0 bridgehead atoms. The van der Waals surface area contributed by atoms with E-state index in [0.29, 0.717) is 5.56 Å². The van der Waals surface area contributed by atoms with Crippen molar-refractivity contribution in [1.29, 1.82) is 0 Å². The normalized spacial score (nSPS) is 12.1. The summed E-state index contributed by atoms with van der Waals surface area (Å²) in [4.78, 5) is 26.6. The zero-order valence-corrected chi connectivity index (χ0v) is 16.7. The number of amides is 3. The summed E-state index contributed by atoms with van der Waals surface area (Å²) in [6.45, 7) is 3.80. The first-order valence-electron chi connectivity index (χ1n) is 8.69. The lowest BCUT2D eigenvalue weighted by Gasteiger charge is -2.15. The van der Waals surface area contributed by atoms with Gasteiger partial charge in [0.05, 0.1) is 19.1 Å². The summed E-state index contributed by atoms with van der Waals surface area (Å²) in [5, 5.41) is 5.03. The van der Waals surface area contributed by atoms with Gasteiger partial charge < -0.3 is 20.4 Å². The zero-order chi connectivity index (χ0) is 20.7. The number of aromatic amines is 1. The molecule has 3 amide bonds. The maximum atomic E-state index is 12.5. The number of rotatable bonds is 8. The van der Waals surface area contributed by atoms with E-state index in [4.69, 9.17) is 4.74 Å². The molecule has 0 saturated carbocycles. The van der Waals surface area contributed by atoms with Gasteiger partial charge in [0.1, 0.15) is 10.6 Å². The zero-order valence-electron chi connectivity index (χ0n) is 15.9. The van der Waals surface area contributed by atoms with Crippen LogP contribution in [0, 0.1) is 0 Å². The number of nitrogens with one attached hydrogen (secondary N) is 4. The second-order valence-electron chi connectivity index (χ2n) is 5.99. The Hall–Kier alpha value is -3.01. The van der Waals surface area contributed by atoms with Crippen LogP contribution < -0.4 is 20.1 Å². The predicted molar refractivity (Wildman–Crippen MR) is 103 cm³/mol. The summed E-state index contributed by atoms with van der Waals surface area (Å²) in [5.41, 5.74) is 1.33. The third-order valence-corrected chi connectivity index (χ3v) is 5.23. The van der Waals surface area contributed by atoms with Gasteiger partial charge in [0, 0.05) is 18.9 Å². The first-order chi connectivity index (χ1) is 13.3. The molecule has 152 valence electrons. The van der Waals surface area contributed by atoms with Gasteiger partial charge in [-0.2, -0.15) is 0 Å². The van der Waals surface area contributed by atoms with E-state index in [2.05, 4.69) is 15.6 Å².